The minimum Gasteiger partial charge on any atom is -0.197 e. The Balaban J connectivity index is 2.08. The maximum atomic E-state index is 2.40. The van der Waals surface area contributed by atoms with E-state index >= 15 is 0 Å². The monoisotopic (exact) mass is 334 g/mol. The van der Waals surface area contributed by atoms with Gasteiger partial charge in [0.2, 0.25) is 5.69 Å². The molecule has 0 unspecified atom stereocenters. The van der Waals surface area contributed by atoms with Crippen LogP contribution in [0.1, 0.15) is 11.1 Å². The molecule has 1 aliphatic rings. The Morgan fingerprint density at radius 2 is 1.71 bits per heavy atom. The van der Waals surface area contributed by atoms with Crippen LogP contribution in [0.2, 0.25) is 0 Å². The van der Waals surface area contributed by atoms with Gasteiger partial charge in [0.15, 0.2) is 12.8 Å². The van der Waals surface area contributed by atoms with E-state index in [1.54, 1.807) is 0 Å². The molecular weight excluding hydrogens is 321 g/mol. The van der Waals surface area contributed by atoms with Gasteiger partial charge in [0.1, 0.15) is 0 Å². The first-order valence-electron chi connectivity index (χ1n) is 5.78. The number of rotatable bonds is 1. The summed E-state index contributed by atoms with van der Waals surface area (Å²) < 4.78 is 3.66. The molecule has 1 aliphatic heterocycles. The van der Waals surface area contributed by atoms with Crippen LogP contribution < -0.4 is 0 Å². The molecule has 2 aromatic carbocycles. The molecule has 0 spiro atoms. The van der Waals surface area contributed by atoms with E-state index in [0.717, 1.165) is 13.0 Å². The van der Waals surface area contributed by atoms with Crippen molar-refractivity contribution in [2.45, 2.75) is 6.42 Å². The Morgan fingerprint density at radius 1 is 0.941 bits per heavy atom. The Labute approximate surface area is 115 Å². The van der Waals surface area contributed by atoms with Crippen molar-refractivity contribution in [3.63, 3.8) is 0 Å². The van der Waals surface area contributed by atoms with Gasteiger partial charge in [-0.05, 0) is 40.3 Å². The highest BCUT2D eigenvalue weighted by atomic mass is 127. The van der Waals surface area contributed by atoms with E-state index in [9.17, 15) is 0 Å². The number of halogens is 1. The van der Waals surface area contributed by atoms with E-state index < -0.39 is 0 Å². The fourth-order valence-corrected chi connectivity index (χ4v) is 2.93. The van der Waals surface area contributed by atoms with E-state index in [1.807, 2.05) is 0 Å². The molecule has 0 amide bonds. The first-order valence-corrected chi connectivity index (χ1v) is 6.86. The summed E-state index contributed by atoms with van der Waals surface area (Å²) in [5.41, 5.74) is 4.11. The molecule has 0 N–H and O–H groups in total. The fraction of sp³-hybridized carbons (Fsp3) is 0.133. The Morgan fingerprint density at radius 3 is 2.59 bits per heavy atom. The van der Waals surface area contributed by atoms with Gasteiger partial charge in [-0.1, -0.05) is 30.3 Å². The minimum atomic E-state index is 1.07. The zero-order chi connectivity index (χ0) is 11.7. The second-order valence-corrected chi connectivity index (χ2v) is 5.38. The van der Waals surface area contributed by atoms with Gasteiger partial charge in [-0.15, -0.1) is 0 Å². The summed E-state index contributed by atoms with van der Waals surface area (Å²) >= 11 is 2.40. The second-order valence-electron chi connectivity index (χ2n) is 4.22. The second kappa shape index (κ2) is 4.61. The van der Waals surface area contributed by atoms with Crippen molar-refractivity contribution < 1.29 is 4.58 Å². The third kappa shape index (κ3) is 2.14. The van der Waals surface area contributed by atoms with Crippen LogP contribution in [-0.2, 0) is 6.42 Å². The maximum Gasteiger partial charge on any atom is 0.218 e. The summed E-state index contributed by atoms with van der Waals surface area (Å²) in [7, 11) is 0. The number of benzene rings is 2. The quantitative estimate of drug-likeness (QED) is 0.554. The van der Waals surface area contributed by atoms with Gasteiger partial charge in [-0.2, -0.15) is 4.58 Å². The van der Waals surface area contributed by atoms with Gasteiger partial charge < -0.3 is 0 Å². The molecule has 0 aromatic heterocycles. The van der Waals surface area contributed by atoms with E-state index in [4.69, 9.17) is 0 Å². The van der Waals surface area contributed by atoms with Crippen molar-refractivity contribution in [1.29, 1.82) is 0 Å². The first kappa shape index (κ1) is 11.0. The third-order valence-corrected chi connectivity index (χ3v) is 4.05. The lowest BCUT2D eigenvalue weighted by atomic mass is 10.0. The molecule has 3 rings (SSSR count). The van der Waals surface area contributed by atoms with Crippen LogP contribution >= 0.6 is 22.6 Å². The number of nitrogens with zero attached hydrogens (tertiary/aromatic N) is 1. The van der Waals surface area contributed by atoms with Crippen molar-refractivity contribution in [2.24, 2.45) is 0 Å². The average molecular weight is 334 g/mol. The number of hydrogen-bond donors (Lipinski definition) is 0. The van der Waals surface area contributed by atoms with Crippen LogP contribution in [0.25, 0.3) is 0 Å². The molecule has 1 nitrogen and oxygen atoms in total. The van der Waals surface area contributed by atoms with Crippen LogP contribution in [0.5, 0.6) is 0 Å². The summed E-state index contributed by atoms with van der Waals surface area (Å²) in [6, 6.07) is 17.2. The summed E-state index contributed by atoms with van der Waals surface area (Å²) in [5, 5.41) is 0. The molecule has 0 bridgehead atoms. The predicted octanol–water partition coefficient (Wildman–Crippen LogP) is 3.61. The fourth-order valence-electron chi connectivity index (χ4n) is 2.24. The highest BCUT2D eigenvalue weighted by molar-refractivity contribution is 14.1. The summed E-state index contributed by atoms with van der Waals surface area (Å²) in [5.74, 6) is 0. The van der Waals surface area contributed by atoms with Gasteiger partial charge >= 0.3 is 0 Å². The van der Waals surface area contributed by atoms with Crippen molar-refractivity contribution in [2.75, 3.05) is 6.54 Å². The van der Waals surface area contributed by atoms with Gasteiger partial charge in [0.05, 0.1) is 3.57 Å². The lowest BCUT2D eigenvalue weighted by Crippen LogP contribution is -2.19. The maximum absolute atomic E-state index is 2.40. The van der Waals surface area contributed by atoms with Gasteiger partial charge in [0, 0.05) is 18.1 Å². The van der Waals surface area contributed by atoms with Gasteiger partial charge in [-0.3, -0.25) is 0 Å². The van der Waals surface area contributed by atoms with Crippen LogP contribution in [0, 0.1) is 3.57 Å². The highest BCUT2D eigenvalue weighted by Gasteiger charge is 2.18. The Hall–Kier alpha value is -1.16. The molecule has 0 aliphatic carbocycles. The zero-order valence-corrected chi connectivity index (χ0v) is 11.6. The van der Waals surface area contributed by atoms with E-state index in [1.165, 1.54) is 20.4 Å². The highest BCUT2D eigenvalue weighted by Crippen LogP contribution is 2.23. The van der Waals surface area contributed by atoms with Crippen LogP contribution in [0.4, 0.5) is 5.69 Å². The van der Waals surface area contributed by atoms with E-state index in [0.29, 0.717) is 0 Å². The van der Waals surface area contributed by atoms with Crippen molar-refractivity contribution in [3.05, 3.63) is 63.2 Å². The molecule has 17 heavy (non-hydrogen) atoms. The number of fused-ring (bicyclic) bond motifs is 1. The first-order chi connectivity index (χ1) is 8.34. The smallest absolute Gasteiger partial charge is 0.197 e. The van der Waals surface area contributed by atoms with Crippen LogP contribution in [0.3, 0.4) is 0 Å². The minimum absolute atomic E-state index is 1.07. The van der Waals surface area contributed by atoms with Crippen molar-refractivity contribution in [3.8, 4) is 0 Å². The van der Waals surface area contributed by atoms with Gasteiger partial charge in [0.25, 0.3) is 0 Å². The SMILES string of the molecule is Ic1ccccc1[N+]1=Cc2ccccc2CC1. The van der Waals surface area contributed by atoms with Crippen molar-refractivity contribution >= 4 is 34.5 Å². The third-order valence-electron chi connectivity index (χ3n) is 3.13. The lowest BCUT2D eigenvalue weighted by molar-refractivity contribution is -0.437. The standard InChI is InChI=1S/C15H13IN/c16-14-7-3-4-8-15(14)17-10-9-12-5-1-2-6-13(12)11-17/h1-8,11H,9-10H2/q+1. The normalized spacial score (nSPS) is 14.1. The Bertz CT molecular complexity index is 587. The van der Waals surface area contributed by atoms with Gasteiger partial charge in [-0.25, -0.2) is 0 Å². The largest absolute Gasteiger partial charge is 0.218 e. The molecule has 2 heteroatoms. The summed E-state index contributed by atoms with van der Waals surface area (Å²) in [6.45, 7) is 1.07. The molecular formula is C15H13IN+. The molecule has 0 atom stereocenters. The molecule has 0 fully saturated rings. The topological polar surface area (TPSA) is 3.01 Å². The zero-order valence-electron chi connectivity index (χ0n) is 9.44. The molecule has 0 saturated carbocycles. The summed E-state index contributed by atoms with van der Waals surface area (Å²) in [4.78, 5) is 0. The molecule has 1 heterocycles. The molecule has 2 aromatic rings. The predicted molar refractivity (Wildman–Crippen MR) is 79.3 cm³/mol. The molecule has 0 saturated heterocycles. The number of para-hydroxylation sites is 1. The van der Waals surface area contributed by atoms with E-state index in [-0.39, 0.29) is 0 Å². The van der Waals surface area contributed by atoms with E-state index in [2.05, 4.69) is 81.9 Å². The average Bonchev–Trinajstić information content (AvgIpc) is 2.39. The lowest BCUT2D eigenvalue weighted by Gasteiger charge is -2.12. The van der Waals surface area contributed by atoms with Crippen molar-refractivity contribution in [1.82, 2.24) is 0 Å². The number of hydrogen-bond acceptors (Lipinski definition) is 0. The van der Waals surface area contributed by atoms with Crippen LogP contribution in [0.15, 0.2) is 48.5 Å². The molecule has 0 radical (unpaired) electrons. The summed E-state index contributed by atoms with van der Waals surface area (Å²) in [6.07, 6.45) is 3.38. The Kier molecular flexibility index (Phi) is 2.97. The molecule has 84 valence electrons. The van der Waals surface area contributed by atoms with Crippen LogP contribution in [-0.4, -0.2) is 17.3 Å².